The number of rotatable bonds is 2. The van der Waals surface area contributed by atoms with Crippen LogP contribution in [0.1, 0.15) is 21.5 Å². The van der Waals surface area contributed by atoms with E-state index in [4.69, 9.17) is 0 Å². The molecule has 0 radical (unpaired) electrons. The molecule has 3 rings (SSSR count). The van der Waals surface area contributed by atoms with Crippen LogP contribution in [-0.4, -0.2) is 15.8 Å². The largest absolute Gasteiger partial charge is 0.508 e. The van der Waals surface area contributed by atoms with Crippen LogP contribution in [0.4, 0.5) is 5.69 Å². The number of phenols is 1. The van der Waals surface area contributed by atoms with Crippen molar-refractivity contribution in [2.75, 3.05) is 0 Å². The van der Waals surface area contributed by atoms with Gasteiger partial charge in [-0.1, -0.05) is 12.1 Å². The molecule has 0 saturated carbocycles. The van der Waals surface area contributed by atoms with Gasteiger partial charge in [-0.2, -0.15) is 0 Å². The molecule has 0 saturated heterocycles. The van der Waals surface area contributed by atoms with Crippen molar-refractivity contribution in [2.24, 2.45) is 0 Å². The SMILES string of the molecule is O=C1/C(=C/c2ccc([N+](=O)[O-])cc2)Cc2c(O)cccc21. The number of carbonyl (C=O) groups excluding carboxylic acids is 1. The van der Waals surface area contributed by atoms with Crippen molar-refractivity contribution < 1.29 is 14.8 Å². The first-order valence-electron chi connectivity index (χ1n) is 6.37. The average molecular weight is 281 g/mol. The maximum absolute atomic E-state index is 12.2. The molecule has 1 N–H and O–H groups in total. The van der Waals surface area contributed by atoms with Gasteiger partial charge in [0.05, 0.1) is 4.92 Å². The highest BCUT2D eigenvalue weighted by Gasteiger charge is 2.26. The molecule has 0 fully saturated rings. The third kappa shape index (κ3) is 2.29. The van der Waals surface area contributed by atoms with Crippen molar-refractivity contribution >= 4 is 17.5 Å². The maximum atomic E-state index is 12.2. The molecule has 1 aliphatic carbocycles. The Labute approximate surface area is 120 Å². The zero-order chi connectivity index (χ0) is 15.0. The zero-order valence-corrected chi connectivity index (χ0v) is 10.9. The number of aromatic hydroxyl groups is 1. The summed E-state index contributed by atoms with van der Waals surface area (Å²) >= 11 is 0. The molecule has 0 spiro atoms. The third-order valence-corrected chi connectivity index (χ3v) is 3.50. The van der Waals surface area contributed by atoms with E-state index in [-0.39, 0.29) is 17.2 Å². The van der Waals surface area contributed by atoms with E-state index >= 15 is 0 Å². The Hall–Kier alpha value is -2.95. The predicted molar refractivity (Wildman–Crippen MR) is 77.2 cm³/mol. The Bertz CT molecular complexity index is 775. The van der Waals surface area contributed by atoms with Gasteiger partial charge < -0.3 is 5.11 Å². The first-order valence-corrected chi connectivity index (χ1v) is 6.37. The first kappa shape index (κ1) is 13.1. The smallest absolute Gasteiger partial charge is 0.269 e. The minimum Gasteiger partial charge on any atom is -0.508 e. The van der Waals surface area contributed by atoms with Crippen molar-refractivity contribution in [2.45, 2.75) is 6.42 Å². The quantitative estimate of drug-likeness (QED) is 0.521. The second-order valence-corrected chi connectivity index (χ2v) is 4.83. The number of hydrogen-bond acceptors (Lipinski definition) is 4. The minimum absolute atomic E-state index is 0.0100. The number of nitro groups is 1. The highest BCUT2D eigenvalue weighted by molar-refractivity contribution is 6.16. The number of nitrogens with zero attached hydrogens (tertiary/aromatic N) is 1. The number of Topliss-reactive ketones (excluding diaryl/α,β-unsaturated/α-hetero) is 1. The Morgan fingerprint density at radius 1 is 1.14 bits per heavy atom. The van der Waals surface area contributed by atoms with E-state index < -0.39 is 4.92 Å². The highest BCUT2D eigenvalue weighted by Crippen LogP contribution is 2.33. The Kier molecular flexibility index (Phi) is 3.02. The Morgan fingerprint density at radius 2 is 1.86 bits per heavy atom. The van der Waals surface area contributed by atoms with Crippen molar-refractivity contribution in [3.8, 4) is 5.75 Å². The van der Waals surface area contributed by atoms with E-state index in [0.717, 1.165) is 5.56 Å². The number of phenolic OH excluding ortho intramolecular Hbond substituents is 1. The fourth-order valence-electron chi connectivity index (χ4n) is 2.43. The molecule has 0 atom stereocenters. The van der Waals surface area contributed by atoms with E-state index in [1.54, 1.807) is 36.4 Å². The van der Waals surface area contributed by atoms with Gasteiger partial charge in [-0.05, 0) is 29.8 Å². The number of non-ortho nitro benzene ring substituents is 1. The molecular formula is C16H11NO4. The minimum atomic E-state index is -0.467. The van der Waals surface area contributed by atoms with E-state index in [2.05, 4.69) is 0 Å². The molecule has 0 bridgehead atoms. The molecule has 5 heteroatoms. The fourth-order valence-corrected chi connectivity index (χ4v) is 2.43. The van der Waals surface area contributed by atoms with Gasteiger partial charge in [0.25, 0.3) is 5.69 Å². The van der Waals surface area contributed by atoms with E-state index in [1.165, 1.54) is 12.1 Å². The second kappa shape index (κ2) is 4.86. The van der Waals surface area contributed by atoms with Crippen LogP contribution in [0.15, 0.2) is 48.0 Å². The molecule has 2 aromatic rings. The van der Waals surface area contributed by atoms with Gasteiger partial charge in [0, 0.05) is 35.3 Å². The number of fused-ring (bicyclic) bond motifs is 1. The molecule has 5 nitrogen and oxygen atoms in total. The number of carbonyl (C=O) groups is 1. The number of allylic oxidation sites excluding steroid dienone is 1. The number of nitro benzene ring substituents is 1. The summed E-state index contributed by atoms with van der Waals surface area (Å²) in [4.78, 5) is 22.4. The summed E-state index contributed by atoms with van der Waals surface area (Å²) < 4.78 is 0. The summed E-state index contributed by atoms with van der Waals surface area (Å²) in [6.45, 7) is 0. The van der Waals surface area contributed by atoms with Crippen LogP contribution in [0.5, 0.6) is 5.75 Å². The molecule has 0 aliphatic heterocycles. The van der Waals surface area contributed by atoms with Gasteiger partial charge in [0.1, 0.15) is 5.75 Å². The van der Waals surface area contributed by atoms with Crippen molar-refractivity contribution in [1.29, 1.82) is 0 Å². The lowest BCUT2D eigenvalue weighted by molar-refractivity contribution is -0.384. The fraction of sp³-hybridized carbons (Fsp3) is 0.0625. The van der Waals surface area contributed by atoms with Gasteiger partial charge >= 0.3 is 0 Å². The molecule has 21 heavy (non-hydrogen) atoms. The molecule has 1 aliphatic rings. The number of benzene rings is 2. The van der Waals surface area contributed by atoms with Crippen LogP contribution in [0, 0.1) is 10.1 Å². The van der Waals surface area contributed by atoms with Gasteiger partial charge in [-0.15, -0.1) is 0 Å². The van der Waals surface area contributed by atoms with Crippen LogP contribution in [0.25, 0.3) is 6.08 Å². The predicted octanol–water partition coefficient (Wildman–Crippen LogP) is 3.12. The molecule has 104 valence electrons. The molecular weight excluding hydrogens is 270 g/mol. The topological polar surface area (TPSA) is 80.4 Å². The van der Waals surface area contributed by atoms with Crippen LogP contribution in [-0.2, 0) is 6.42 Å². The molecule has 0 amide bonds. The van der Waals surface area contributed by atoms with Gasteiger partial charge in [-0.3, -0.25) is 14.9 Å². The summed E-state index contributed by atoms with van der Waals surface area (Å²) in [6, 6.07) is 10.9. The number of hydrogen-bond donors (Lipinski definition) is 1. The van der Waals surface area contributed by atoms with E-state index in [1.807, 2.05) is 0 Å². The lowest BCUT2D eigenvalue weighted by Crippen LogP contribution is -1.95. The monoisotopic (exact) mass is 281 g/mol. The Balaban J connectivity index is 1.94. The third-order valence-electron chi connectivity index (χ3n) is 3.50. The normalized spacial score (nSPS) is 15.2. The van der Waals surface area contributed by atoms with Crippen LogP contribution in [0.2, 0.25) is 0 Å². The summed E-state index contributed by atoms with van der Waals surface area (Å²) in [5, 5.41) is 20.4. The second-order valence-electron chi connectivity index (χ2n) is 4.83. The van der Waals surface area contributed by atoms with Crippen LogP contribution in [0.3, 0.4) is 0 Å². The van der Waals surface area contributed by atoms with Crippen molar-refractivity contribution in [3.63, 3.8) is 0 Å². The van der Waals surface area contributed by atoms with Gasteiger partial charge in [-0.25, -0.2) is 0 Å². The number of ketones is 1. The lowest BCUT2D eigenvalue weighted by Gasteiger charge is -1.98. The maximum Gasteiger partial charge on any atom is 0.269 e. The van der Waals surface area contributed by atoms with Crippen molar-refractivity contribution in [1.82, 2.24) is 0 Å². The molecule has 0 heterocycles. The van der Waals surface area contributed by atoms with Crippen LogP contribution >= 0.6 is 0 Å². The highest BCUT2D eigenvalue weighted by atomic mass is 16.6. The summed E-state index contributed by atoms with van der Waals surface area (Å²) in [5.74, 6) is 0.00667. The standard InChI is InChI=1S/C16H11NO4/c18-15-3-1-2-13-14(15)9-11(16(13)19)8-10-4-6-12(7-5-10)17(20)21/h1-8,18H,9H2/b11-8+. The van der Waals surface area contributed by atoms with E-state index in [9.17, 15) is 20.0 Å². The summed E-state index contributed by atoms with van der Waals surface area (Å²) in [5.41, 5.74) is 2.45. The zero-order valence-electron chi connectivity index (χ0n) is 10.9. The summed E-state index contributed by atoms with van der Waals surface area (Å²) in [6.07, 6.45) is 2.07. The van der Waals surface area contributed by atoms with Crippen molar-refractivity contribution in [3.05, 3.63) is 74.8 Å². The molecule has 0 aromatic heterocycles. The van der Waals surface area contributed by atoms with Gasteiger partial charge in [0.15, 0.2) is 5.78 Å². The first-order chi connectivity index (χ1) is 10.1. The summed E-state index contributed by atoms with van der Waals surface area (Å²) in [7, 11) is 0. The van der Waals surface area contributed by atoms with E-state index in [0.29, 0.717) is 23.1 Å². The Morgan fingerprint density at radius 3 is 2.48 bits per heavy atom. The lowest BCUT2D eigenvalue weighted by atomic mass is 10.1. The van der Waals surface area contributed by atoms with Crippen LogP contribution < -0.4 is 0 Å². The molecule has 2 aromatic carbocycles. The molecule has 0 unspecified atom stereocenters. The average Bonchev–Trinajstić information content (AvgIpc) is 2.78. The van der Waals surface area contributed by atoms with Gasteiger partial charge in [0.2, 0.25) is 0 Å².